The van der Waals surface area contributed by atoms with Crippen molar-refractivity contribution in [3.63, 3.8) is 0 Å². The summed E-state index contributed by atoms with van der Waals surface area (Å²) < 4.78 is 0. The van der Waals surface area contributed by atoms with Crippen molar-refractivity contribution in [3.8, 4) is 21.0 Å². The SMILES string of the molecule is CC(=O)Nc1nc(-c2cccs2)c(-c2ccccc2)s1. The number of rotatable bonds is 3. The van der Waals surface area contributed by atoms with Gasteiger partial charge in [-0.25, -0.2) is 4.98 Å². The topological polar surface area (TPSA) is 42.0 Å². The molecule has 2 heterocycles. The van der Waals surface area contributed by atoms with E-state index in [-0.39, 0.29) is 5.91 Å². The molecule has 20 heavy (non-hydrogen) atoms. The summed E-state index contributed by atoms with van der Waals surface area (Å²) in [4.78, 5) is 18.0. The Balaban J connectivity index is 2.11. The number of hydrogen-bond acceptors (Lipinski definition) is 4. The molecule has 100 valence electrons. The molecule has 0 saturated heterocycles. The molecule has 0 aliphatic heterocycles. The second-order valence-electron chi connectivity index (χ2n) is 4.22. The maximum atomic E-state index is 11.2. The zero-order valence-electron chi connectivity index (χ0n) is 10.8. The normalized spacial score (nSPS) is 10.4. The van der Waals surface area contributed by atoms with E-state index in [0.29, 0.717) is 5.13 Å². The molecule has 0 saturated carbocycles. The van der Waals surface area contributed by atoms with Gasteiger partial charge in [-0.15, -0.1) is 11.3 Å². The minimum atomic E-state index is -0.101. The molecule has 3 aromatic rings. The van der Waals surface area contributed by atoms with Gasteiger partial charge in [-0.2, -0.15) is 0 Å². The summed E-state index contributed by atoms with van der Waals surface area (Å²) in [5.74, 6) is -0.101. The molecule has 0 fully saturated rings. The summed E-state index contributed by atoms with van der Waals surface area (Å²) >= 11 is 3.15. The lowest BCUT2D eigenvalue weighted by Gasteiger charge is -1.99. The van der Waals surface area contributed by atoms with Crippen LogP contribution in [0.15, 0.2) is 47.8 Å². The van der Waals surface area contributed by atoms with E-state index >= 15 is 0 Å². The largest absolute Gasteiger partial charge is 0.302 e. The van der Waals surface area contributed by atoms with Crippen LogP contribution >= 0.6 is 22.7 Å². The molecular formula is C15H12N2OS2. The van der Waals surface area contributed by atoms with Crippen LogP contribution in [0.3, 0.4) is 0 Å². The number of carbonyl (C=O) groups excluding carboxylic acids is 1. The third-order valence-electron chi connectivity index (χ3n) is 2.70. The van der Waals surface area contributed by atoms with Crippen molar-refractivity contribution < 1.29 is 4.79 Å². The second kappa shape index (κ2) is 5.56. The van der Waals surface area contributed by atoms with Gasteiger partial charge in [0.1, 0.15) is 5.69 Å². The first-order valence-electron chi connectivity index (χ1n) is 6.12. The van der Waals surface area contributed by atoms with Gasteiger partial charge in [-0.3, -0.25) is 4.79 Å². The molecule has 0 unspecified atom stereocenters. The number of hydrogen-bond donors (Lipinski definition) is 1. The maximum Gasteiger partial charge on any atom is 0.223 e. The highest BCUT2D eigenvalue weighted by Crippen LogP contribution is 2.40. The van der Waals surface area contributed by atoms with Gasteiger partial charge in [0.25, 0.3) is 0 Å². The van der Waals surface area contributed by atoms with Crippen molar-refractivity contribution in [2.45, 2.75) is 6.92 Å². The Morgan fingerprint density at radius 2 is 1.95 bits per heavy atom. The van der Waals surface area contributed by atoms with Gasteiger partial charge in [-0.1, -0.05) is 47.7 Å². The van der Waals surface area contributed by atoms with E-state index in [9.17, 15) is 4.79 Å². The van der Waals surface area contributed by atoms with Gasteiger partial charge in [0, 0.05) is 6.92 Å². The molecule has 1 aromatic carbocycles. The molecule has 0 radical (unpaired) electrons. The summed E-state index contributed by atoms with van der Waals surface area (Å²) in [7, 11) is 0. The van der Waals surface area contributed by atoms with Crippen LogP contribution in [0.2, 0.25) is 0 Å². The molecule has 3 rings (SSSR count). The zero-order chi connectivity index (χ0) is 13.9. The third-order valence-corrected chi connectivity index (χ3v) is 4.60. The zero-order valence-corrected chi connectivity index (χ0v) is 12.4. The predicted octanol–water partition coefficient (Wildman–Crippen LogP) is 4.50. The number of aromatic nitrogens is 1. The Bertz CT molecular complexity index is 718. The second-order valence-corrected chi connectivity index (χ2v) is 6.17. The summed E-state index contributed by atoms with van der Waals surface area (Å²) in [6.45, 7) is 1.49. The van der Waals surface area contributed by atoms with E-state index in [1.54, 1.807) is 11.3 Å². The fourth-order valence-corrected chi connectivity index (χ4v) is 3.71. The molecule has 5 heteroatoms. The Labute approximate surface area is 124 Å². The molecule has 0 atom stereocenters. The highest BCUT2D eigenvalue weighted by molar-refractivity contribution is 7.20. The first-order valence-corrected chi connectivity index (χ1v) is 7.81. The van der Waals surface area contributed by atoms with Crippen molar-refractivity contribution in [2.75, 3.05) is 5.32 Å². The first-order chi connectivity index (χ1) is 9.74. The number of amides is 1. The van der Waals surface area contributed by atoms with Crippen molar-refractivity contribution >= 4 is 33.7 Å². The highest BCUT2D eigenvalue weighted by atomic mass is 32.1. The van der Waals surface area contributed by atoms with Crippen LogP contribution in [0.5, 0.6) is 0 Å². The lowest BCUT2D eigenvalue weighted by atomic mass is 10.1. The predicted molar refractivity (Wildman–Crippen MR) is 85.2 cm³/mol. The van der Waals surface area contributed by atoms with Gasteiger partial charge < -0.3 is 5.32 Å². The number of nitrogens with one attached hydrogen (secondary N) is 1. The Kier molecular flexibility index (Phi) is 3.62. The van der Waals surface area contributed by atoms with Gasteiger partial charge >= 0.3 is 0 Å². The standard InChI is InChI=1S/C15H12N2OS2/c1-10(18)16-15-17-13(12-8-5-9-19-12)14(20-15)11-6-3-2-4-7-11/h2-9H,1H3,(H,16,17,18). The quantitative estimate of drug-likeness (QED) is 0.774. The van der Waals surface area contributed by atoms with Gasteiger partial charge in [0.15, 0.2) is 5.13 Å². The Hall–Kier alpha value is -1.98. The highest BCUT2D eigenvalue weighted by Gasteiger charge is 2.15. The molecule has 0 aliphatic carbocycles. The van der Waals surface area contributed by atoms with Crippen LogP contribution in [0.25, 0.3) is 21.0 Å². The fourth-order valence-electron chi connectivity index (χ4n) is 1.89. The average Bonchev–Trinajstić information content (AvgIpc) is 3.07. The van der Waals surface area contributed by atoms with Crippen LogP contribution in [0, 0.1) is 0 Å². The summed E-state index contributed by atoms with van der Waals surface area (Å²) in [6, 6.07) is 14.2. The monoisotopic (exact) mass is 300 g/mol. The first kappa shape index (κ1) is 13.0. The van der Waals surface area contributed by atoms with E-state index < -0.39 is 0 Å². The molecule has 0 aliphatic rings. The number of nitrogens with zero attached hydrogens (tertiary/aromatic N) is 1. The lowest BCUT2D eigenvalue weighted by Crippen LogP contribution is -2.04. The number of anilines is 1. The molecule has 0 bridgehead atoms. The summed E-state index contributed by atoms with van der Waals surface area (Å²) in [5.41, 5.74) is 2.05. The third kappa shape index (κ3) is 2.64. The van der Waals surface area contributed by atoms with E-state index in [0.717, 1.165) is 21.0 Å². The molecule has 0 spiro atoms. The number of thiophene rings is 1. The molecule has 1 amide bonds. The molecule has 2 aromatic heterocycles. The van der Waals surface area contributed by atoms with Crippen LogP contribution in [-0.4, -0.2) is 10.9 Å². The Morgan fingerprint density at radius 1 is 1.15 bits per heavy atom. The average molecular weight is 300 g/mol. The van der Waals surface area contributed by atoms with Gasteiger partial charge in [0.05, 0.1) is 9.75 Å². The van der Waals surface area contributed by atoms with Crippen molar-refractivity contribution in [3.05, 3.63) is 47.8 Å². The summed E-state index contributed by atoms with van der Waals surface area (Å²) in [5, 5.41) is 5.44. The van der Waals surface area contributed by atoms with E-state index in [1.807, 2.05) is 35.7 Å². The van der Waals surface area contributed by atoms with Crippen molar-refractivity contribution in [2.24, 2.45) is 0 Å². The fraction of sp³-hybridized carbons (Fsp3) is 0.0667. The minimum Gasteiger partial charge on any atom is -0.302 e. The molecule has 1 N–H and O–H groups in total. The van der Waals surface area contributed by atoms with Crippen LogP contribution in [-0.2, 0) is 4.79 Å². The minimum absolute atomic E-state index is 0.101. The Morgan fingerprint density at radius 3 is 2.60 bits per heavy atom. The van der Waals surface area contributed by atoms with Gasteiger partial charge in [0.2, 0.25) is 5.91 Å². The number of thiazole rings is 1. The molecular weight excluding hydrogens is 288 g/mol. The number of benzene rings is 1. The van der Waals surface area contributed by atoms with Crippen molar-refractivity contribution in [1.29, 1.82) is 0 Å². The van der Waals surface area contributed by atoms with Crippen LogP contribution in [0.1, 0.15) is 6.92 Å². The smallest absolute Gasteiger partial charge is 0.223 e. The maximum absolute atomic E-state index is 11.2. The van der Waals surface area contributed by atoms with Gasteiger partial charge in [-0.05, 0) is 17.0 Å². The van der Waals surface area contributed by atoms with E-state index in [4.69, 9.17) is 0 Å². The van der Waals surface area contributed by atoms with E-state index in [1.165, 1.54) is 18.3 Å². The lowest BCUT2D eigenvalue weighted by molar-refractivity contribution is -0.114. The van der Waals surface area contributed by atoms with E-state index in [2.05, 4.69) is 22.4 Å². The van der Waals surface area contributed by atoms with Crippen LogP contribution < -0.4 is 5.32 Å². The number of carbonyl (C=O) groups is 1. The van der Waals surface area contributed by atoms with Crippen molar-refractivity contribution in [1.82, 2.24) is 4.98 Å². The van der Waals surface area contributed by atoms with Crippen LogP contribution in [0.4, 0.5) is 5.13 Å². The summed E-state index contributed by atoms with van der Waals surface area (Å²) in [6.07, 6.45) is 0. The molecule has 3 nitrogen and oxygen atoms in total.